The first-order valence-electron chi connectivity index (χ1n) is 11.8. The van der Waals surface area contributed by atoms with Gasteiger partial charge < -0.3 is 15.0 Å². The van der Waals surface area contributed by atoms with Gasteiger partial charge in [0.25, 0.3) is 0 Å². The normalized spacial score (nSPS) is 18.3. The molecule has 2 aliphatic heterocycles. The topological polar surface area (TPSA) is 96.0 Å². The number of hydrogen-bond donors (Lipinski definition) is 1. The van der Waals surface area contributed by atoms with E-state index in [4.69, 9.17) is 4.74 Å². The maximum absolute atomic E-state index is 13.6. The number of sulfonamides is 1. The van der Waals surface area contributed by atoms with Crippen molar-refractivity contribution in [1.29, 1.82) is 0 Å². The number of hydrogen-bond acceptors (Lipinski definition) is 5. The Bertz CT molecular complexity index is 1230. The van der Waals surface area contributed by atoms with Crippen LogP contribution < -0.4 is 15.0 Å². The maximum atomic E-state index is 13.6. The first kappa shape index (κ1) is 25.7. The Balaban J connectivity index is 1.49. The minimum absolute atomic E-state index is 0.0276. The molecule has 0 spiro atoms. The van der Waals surface area contributed by atoms with Gasteiger partial charge in [0.2, 0.25) is 21.8 Å². The maximum Gasteiger partial charge on any atom is 0.244 e. The van der Waals surface area contributed by atoms with Gasteiger partial charge in [-0.2, -0.15) is 4.31 Å². The van der Waals surface area contributed by atoms with E-state index in [9.17, 15) is 18.0 Å². The van der Waals surface area contributed by atoms with Crippen molar-refractivity contribution < 1.29 is 22.7 Å². The lowest BCUT2D eigenvalue weighted by atomic mass is 9.99. The van der Waals surface area contributed by atoms with Crippen molar-refractivity contribution in [2.75, 3.05) is 31.6 Å². The Kier molecular flexibility index (Phi) is 7.83. The minimum Gasteiger partial charge on any atom is -0.497 e. The summed E-state index contributed by atoms with van der Waals surface area (Å²) in [5, 5.41) is 2.93. The van der Waals surface area contributed by atoms with Crippen molar-refractivity contribution in [3.8, 4) is 5.75 Å². The number of benzene rings is 2. The number of piperidine rings is 1. The number of halogens is 1. The van der Waals surface area contributed by atoms with Crippen LogP contribution in [0.4, 0.5) is 5.69 Å². The number of methoxy groups -OCH3 is 1. The first-order chi connectivity index (χ1) is 16.7. The van der Waals surface area contributed by atoms with Gasteiger partial charge in [-0.05, 0) is 70.6 Å². The van der Waals surface area contributed by atoms with Gasteiger partial charge >= 0.3 is 0 Å². The molecule has 2 aromatic rings. The number of nitrogens with zero attached hydrogens (tertiary/aromatic N) is 2. The predicted octanol–water partition coefficient (Wildman–Crippen LogP) is 3.47. The fourth-order valence-electron chi connectivity index (χ4n) is 4.67. The molecule has 2 amide bonds. The number of amides is 2. The summed E-state index contributed by atoms with van der Waals surface area (Å²) < 4.78 is 34.3. The second kappa shape index (κ2) is 10.7. The third-order valence-electron chi connectivity index (χ3n) is 6.61. The van der Waals surface area contributed by atoms with Crippen LogP contribution in [0.1, 0.15) is 37.3 Å². The molecule has 0 saturated carbocycles. The molecular weight excluding hydrogens is 534 g/mol. The lowest BCUT2D eigenvalue weighted by Crippen LogP contribution is -2.45. The van der Waals surface area contributed by atoms with Gasteiger partial charge in [-0.3, -0.25) is 9.59 Å². The van der Waals surface area contributed by atoms with Gasteiger partial charge in [0.15, 0.2) is 0 Å². The molecule has 0 aromatic heterocycles. The zero-order valence-corrected chi connectivity index (χ0v) is 22.3. The highest BCUT2D eigenvalue weighted by Gasteiger charge is 2.36. The monoisotopic (exact) mass is 563 g/mol. The SMILES string of the molecule is CCC(=O)N1CCc2cc(Br)c(S(=O)(=O)N3CCCC(C(=O)NCc4cccc(OC)c4)C3)cc21. The lowest BCUT2D eigenvalue weighted by molar-refractivity contribution is -0.126. The highest BCUT2D eigenvalue weighted by molar-refractivity contribution is 9.10. The molecule has 1 atom stereocenters. The largest absolute Gasteiger partial charge is 0.497 e. The van der Waals surface area contributed by atoms with Gasteiger partial charge in [-0.25, -0.2) is 8.42 Å². The number of rotatable bonds is 7. The molecule has 188 valence electrons. The van der Waals surface area contributed by atoms with Gasteiger partial charge in [0, 0.05) is 42.8 Å². The highest BCUT2D eigenvalue weighted by atomic mass is 79.9. The van der Waals surface area contributed by atoms with Crippen LogP contribution in [0.3, 0.4) is 0 Å². The molecule has 1 N–H and O–H groups in total. The standard InChI is InChI=1S/C25H30BrN3O5S/c1-3-24(30)29-11-9-18-13-21(26)23(14-22(18)29)35(32,33)28-10-5-7-19(16-28)25(31)27-15-17-6-4-8-20(12-17)34-2/h4,6,8,12-14,19H,3,5,7,9-11,15-16H2,1-2H3,(H,27,31). The molecule has 10 heteroatoms. The molecule has 1 unspecified atom stereocenters. The Labute approximate surface area is 214 Å². The van der Waals surface area contributed by atoms with Crippen molar-refractivity contribution in [3.63, 3.8) is 0 Å². The van der Waals surface area contributed by atoms with E-state index < -0.39 is 15.9 Å². The summed E-state index contributed by atoms with van der Waals surface area (Å²) in [5.74, 6) is 0.0851. The van der Waals surface area contributed by atoms with E-state index in [1.165, 1.54) is 4.31 Å². The van der Waals surface area contributed by atoms with Crippen molar-refractivity contribution in [3.05, 3.63) is 52.0 Å². The van der Waals surface area contributed by atoms with Gasteiger partial charge in [0.1, 0.15) is 5.75 Å². The Hall–Kier alpha value is -2.43. The van der Waals surface area contributed by atoms with Gasteiger partial charge in [0.05, 0.1) is 17.9 Å². The molecule has 2 aromatic carbocycles. The van der Waals surface area contributed by atoms with Crippen LogP contribution in [0.5, 0.6) is 5.75 Å². The van der Waals surface area contributed by atoms with E-state index in [1.54, 1.807) is 31.1 Å². The summed E-state index contributed by atoms with van der Waals surface area (Å²) >= 11 is 3.43. The van der Waals surface area contributed by atoms with Crippen LogP contribution in [-0.2, 0) is 32.6 Å². The Morgan fingerprint density at radius 2 is 2.00 bits per heavy atom. The Morgan fingerprint density at radius 1 is 1.20 bits per heavy atom. The van der Waals surface area contributed by atoms with Crippen LogP contribution >= 0.6 is 15.9 Å². The molecular formula is C25H30BrN3O5S. The Morgan fingerprint density at radius 3 is 2.74 bits per heavy atom. The first-order valence-corrected chi connectivity index (χ1v) is 14.0. The fraction of sp³-hybridized carbons (Fsp3) is 0.440. The summed E-state index contributed by atoms with van der Waals surface area (Å²) in [6, 6.07) is 10.9. The predicted molar refractivity (Wildman–Crippen MR) is 137 cm³/mol. The van der Waals surface area contributed by atoms with Crippen molar-refractivity contribution in [2.45, 2.75) is 44.0 Å². The molecule has 1 saturated heterocycles. The third kappa shape index (κ3) is 5.39. The van der Waals surface area contributed by atoms with Crippen LogP contribution in [0.15, 0.2) is 45.8 Å². The number of nitrogens with one attached hydrogen (secondary N) is 1. The second-order valence-corrected chi connectivity index (χ2v) is 11.6. The van der Waals surface area contributed by atoms with Crippen molar-refractivity contribution in [2.24, 2.45) is 5.92 Å². The van der Waals surface area contributed by atoms with E-state index in [-0.39, 0.29) is 23.3 Å². The van der Waals surface area contributed by atoms with E-state index >= 15 is 0 Å². The van der Waals surface area contributed by atoms with Crippen molar-refractivity contribution in [1.82, 2.24) is 9.62 Å². The average Bonchev–Trinajstić information content (AvgIpc) is 3.29. The number of carbonyl (C=O) groups is 2. The van der Waals surface area contributed by atoms with E-state index in [2.05, 4.69) is 21.2 Å². The molecule has 0 aliphatic carbocycles. The second-order valence-electron chi connectivity index (χ2n) is 8.83. The molecule has 0 radical (unpaired) electrons. The van der Waals surface area contributed by atoms with Gasteiger partial charge in [-0.15, -0.1) is 0 Å². The van der Waals surface area contributed by atoms with E-state index in [1.807, 2.05) is 24.3 Å². The molecule has 2 heterocycles. The zero-order valence-electron chi connectivity index (χ0n) is 19.9. The van der Waals surface area contributed by atoms with Crippen LogP contribution in [-0.4, -0.2) is 51.3 Å². The zero-order chi connectivity index (χ0) is 25.2. The quantitative estimate of drug-likeness (QED) is 0.556. The molecule has 8 nitrogen and oxygen atoms in total. The molecule has 35 heavy (non-hydrogen) atoms. The van der Waals surface area contributed by atoms with Crippen LogP contribution in [0.25, 0.3) is 0 Å². The molecule has 0 bridgehead atoms. The fourth-order valence-corrected chi connectivity index (χ4v) is 7.26. The van der Waals surface area contributed by atoms with E-state index in [0.717, 1.165) is 11.1 Å². The number of anilines is 1. The summed E-state index contributed by atoms with van der Waals surface area (Å²) in [7, 11) is -2.27. The minimum atomic E-state index is -3.86. The van der Waals surface area contributed by atoms with E-state index in [0.29, 0.717) is 61.2 Å². The summed E-state index contributed by atoms with van der Waals surface area (Å²) in [5.41, 5.74) is 2.51. The molecule has 2 aliphatic rings. The van der Waals surface area contributed by atoms with Gasteiger partial charge in [-0.1, -0.05) is 19.1 Å². The third-order valence-corrected chi connectivity index (χ3v) is 9.43. The smallest absolute Gasteiger partial charge is 0.244 e. The summed E-state index contributed by atoms with van der Waals surface area (Å²) in [6.07, 6.45) is 2.27. The summed E-state index contributed by atoms with van der Waals surface area (Å²) in [4.78, 5) is 27.0. The number of ether oxygens (including phenoxy) is 1. The highest BCUT2D eigenvalue weighted by Crippen LogP contribution is 2.37. The van der Waals surface area contributed by atoms with Crippen LogP contribution in [0, 0.1) is 5.92 Å². The molecule has 4 rings (SSSR count). The molecule has 1 fully saturated rings. The lowest BCUT2D eigenvalue weighted by Gasteiger charge is -2.31. The number of fused-ring (bicyclic) bond motifs is 1. The average molecular weight is 565 g/mol. The number of carbonyl (C=O) groups excluding carboxylic acids is 2. The van der Waals surface area contributed by atoms with Crippen molar-refractivity contribution >= 4 is 43.5 Å². The summed E-state index contributed by atoms with van der Waals surface area (Å²) in [6.45, 7) is 3.16. The van der Waals surface area contributed by atoms with Crippen LogP contribution in [0.2, 0.25) is 0 Å².